The van der Waals surface area contributed by atoms with Crippen LogP contribution in [0.25, 0.3) is 11.1 Å². The Bertz CT molecular complexity index is 1490. The zero-order valence-electron chi connectivity index (χ0n) is 22.5. The van der Waals surface area contributed by atoms with Crippen molar-refractivity contribution in [3.8, 4) is 17.0 Å². The summed E-state index contributed by atoms with van der Waals surface area (Å²) in [5, 5.41) is 3.90. The highest BCUT2D eigenvalue weighted by molar-refractivity contribution is 7.98. The van der Waals surface area contributed by atoms with E-state index in [0.717, 1.165) is 5.56 Å². The molecule has 6 nitrogen and oxygen atoms in total. The Morgan fingerprint density at radius 2 is 1.67 bits per heavy atom. The molecule has 236 valence electrons. The van der Waals surface area contributed by atoms with Crippen molar-refractivity contribution < 1.29 is 52.5 Å². The lowest BCUT2D eigenvalue weighted by atomic mass is 9.75. The zero-order valence-corrected chi connectivity index (χ0v) is 24.1. The summed E-state index contributed by atoms with van der Waals surface area (Å²) in [6.07, 6.45) is -5.05. The van der Waals surface area contributed by atoms with Crippen molar-refractivity contribution in [2.75, 3.05) is 12.9 Å². The molecule has 2 aromatic carbocycles. The van der Waals surface area contributed by atoms with E-state index in [1.165, 1.54) is 36.0 Å². The highest BCUT2D eigenvalue weighted by Gasteiger charge is 2.51. The van der Waals surface area contributed by atoms with Crippen LogP contribution in [0, 0.1) is 5.92 Å². The van der Waals surface area contributed by atoms with Gasteiger partial charge < -0.3 is 8.92 Å². The van der Waals surface area contributed by atoms with Gasteiger partial charge in [0.2, 0.25) is 11.8 Å². The number of hydrogen-bond acceptors (Lipinski definition) is 6. The maximum absolute atomic E-state index is 14.6. The Balaban J connectivity index is 1.85. The van der Waals surface area contributed by atoms with Crippen LogP contribution in [0.15, 0.2) is 59.5 Å². The van der Waals surface area contributed by atoms with Crippen LogP contribution in [0.1, 0.15) is 36.4 Å². The number of aromatic nitrogens is 2. The van der Waals surface area contributed by atoms with Crippen molar-refractivity contribution in [3.05, 3.63) is 65.9 Å². The molecule has 0 saturated heterocycles. The smallest absolute Gasteiger partial charge is 0.376 e. The Hall–Kier alpha value is -2.85. The second-order valence-electron chi connectivity index (χ2n) is 10.0. The normalized spacial score (nSPS) is 19.4. The lowest BCUT2D eigenvalue weighted by Gasteiger charge is -2.35. The van der Waals surface area contributed by atoms with Crippen LogP contribution in [-0.4, -0.2) is 48.7 Å². The lowest BCUT2D eigenvalue weighted by Crippen LogP contribution is -2.34. The van der Waals surface area contributed by atoms with Crippen LogP contribution >= 0.6 is 11.8 Å². The molecule has 16 heteroatoms. The quantitative estimate of drug-likeness (QED) is 0.0959. The monoisotopic (exact) mass is 658 g/mol. The van der Waals surface area contributed by atoms with Gasteiger partial charge in [0.25, 0.3) is 0 Å². The lowest BCUT2D eigenvalue weighted by molar-refractivity contribution is -0.143. The van der Waals surface area contributed by atoms with Crippen LogP contribution in [0.4, 0.5) is 35.1 Å². The van der Waals surface area contributed by atoms with E-state index in [1.54, 1.807) is 36.6 Å². The third kappa shape index (κ3) is 8.20. The molecule has 1 aromatic heterocycles. The fourth-order valence-corrected chi connectivity index (χ4v) is 5.81. The summed E-state index contributed by atoms with van der Waals surface area (Å²) in [4.78, 5) is 0.683. The maximum atomic E-state index is 14.6. The topological polar surface area (TPSA) is 70.4 Å². The Morgan fingerprint density at radius 1 is 1.02 bits per heavy atom. The van der Waals surface area contributed by atoms with Crippen LogP contribution in [0.2, 0.25) is 0 Å². The van der Waals surface area contributed by atoms with E-state index in [9.17, 15) is 43.5 Å². The molecular weight excluding hydrogens is 632 g/mol. The predicted molar refractivity (Wildman–Crippen MR) is 142 cm³/mol. The number of thioether (sulfide) groups is 1. The molecule has 0 spiro atoms. The van der Waals surface area contributed by atoms with Gasteiger partial charge in [-0.15, -0.1) is 11.8 Å². The fourth-order valence-electron chi connectivity index (χ4n) is 4.93. The van der Waals surface area contributed by atoms with Crippen LogP contribution in [0.3, 0.4) is 0 Å². The highest BCUT2D eigenvalue weighted by Crippen LogP contribution is 2.50. The number of hydrogen-bond donors (Lipinski definition) is 0. The minimum Gasteiger partial charge on any atom is -0.376 e. The molecule has 1 saturated carbocycles. The minimum atomic E-state index is -6.44. The van der Waals surface area contributed by atoms with Crippen molar-refractivity contribution in [1.82, 2.24) is 9.78 Å². The van der Waals surface area contributed by atoms with Gasteiger partial charge in [0.1, 0.15) is 6.54 Å². The van der Waals surface area contributed by atoms with E-state index >= 15 is 0 Å². The number of benzene rings is 2. The summed E-state index contributed by atoms with van der Waals surface area (Å²) < 4.78 is 144. The standard InChI is InChI=1S/C27H26F8N2O4S2/c1-42-20-9-7-18(8-10-20)22-23(36-37(16-26(30,31)32)24(22)41-43(38,39)27(33,34)35)21-11-12-25(28,29)13-19(21)15-40-14-17-5-3-2-4-6-17/h2-10,19,21H,11-16H2,1H3/t19-,21-/m1/s1. The summed E-state index contributed by atoms with van der Waals surface area (Å²) >= 11 is 1.30. The summed E-state index contributed by atoms with van der Waals surface area (Å²) in [7, 11) is -6.44. The summed E-state index contributed by atoms with van der Waals surface area (Å²) in [5.41, 5.74) is -6.00. The maximum Gasteiger partial charge on any atom is 0.534 e. The second-order valence-corrected chi connectivity index (χ2v) is 12.4. The van der Waals surface area contributed by atoms with Crippen LogP contribution < -0.4 is 4.18 Å². The predicted octanol–water partition coefficient (Wildman–Crippen LogP) is 7.80. The summed E-state index contributed by atoms with van der Waals surface area (Å²) in [5.74, 6) is -6.53. The van der Waals surface area contributed by atoms with Crippen molar-refractivity contribution >= 4 is 21.9 Å². The van der Waals surface area contributed by atoms with Gasteiger partial charge >= 0.3 is 21.8 Å². The molecule has 0 radical (unpaired) electrons. The molecule has 2 atom stereocenters. The minimum absolute atomic E-state index is 0.00473. The second kappa shape index (κ2) is 12.6. The molecule has 3 aromatic rings. The van der Waals surface area contributed by atoms with E-state index in [-0.39, 0.29) is 35.6 Å². The summed E-state index contributed by atoms with van der Waals surface area (Å²) in [6.45, 7) is -2.23. The van der Waals surface area contributed by atoms with Crippen molar-refractivity contribution in [2.45, 2.75) is 60.8 Å². The number of alkyl halides is 8. The molecule has 0 amide bonds. The first kappa shape index (κ1) is 33.1. The van der Waals surface area contributed by atoms with E-state index in [1.807, 2.05) is 0 Å². The molecular formula is C27H26F8N2O4S2. The molecule has 1 heterocycles. The van der Waals surface area contributed by atoms with Crippen molar-refractivity contribution in [2.24, 2.45) is 5.92 Å². The van der Waals surface area contributed by atoms with Gasteiger partial charge in [-0.3, -0.25) is 0 Å². The number of halogens is 8. The molecule has 1 fully saturated rings. The first-order chi connectivity index (χ1) is 20.0. The van der Waals surface area contributed by atoms with Gasteiger partial charge in [0.05, 0.1) is 24.5 Å². The van der Waals surface area contributed by atoms with Gasteiger partial charge in [0.15, 0.2) is 0 Å². The third-order valence-electron chi connectivity index (χ3n) is 6.86. The molecule has 0 bridgehead atoms. The van der Waals surface area contributed by atoms with Gasteiger partial charge in [-0.1, -0.05) is 42.5 Å². The Morgan fingerprint density at radius 3 is 2.26 bits per heavy atom. The zero-order chi connectivity index (χ0) is 31.6. The molecule has 43 heavy (non-hydrogen) atoms. The van der Waals surface area contributed by atoms with Gasteiger partial charge in [-0.25, -0.2) is 13.5 Å². The molecule has 0 N–H and O–H groups in total. The summed E-state index contributed by atoms with van der Waals surface area (Å²) in [6, 6.07) is 14.5. The first-order valence-corrected chi connectivity index (χ1v) is 15.4. The van der Waals surface area contributed by atoms with Crippen LogP contribution in [0.5, 0.6) is 5.88 Å². The number of rotatable bonds is 10. The van der Waals surface area contributed by atoms with Crippen LogP contribution in [-0.2, 0) is 28.0 Å². The molecule has 0 unspecified atom stereocenters. The van der Waals surface area contributed by atoms with Gasteiger partial charge in [-0.2, -0.15) is 39.9 Å². The van der Waals surface area contributed by atoms with Crippen molar-refractivity contribution in [3.63, 3.8) is 0 Å². The van der Waals surface area contributed by atoms with Gasteiger partial charge in [-0.05, 0) is 41.9 Å². The molecule has 1 aliphatic carbocycles. The SMILES string of the molecule is CSc1ccc(-c2c([C@@H]3CCC(F)(F)C[C@@H]3COCc3ccccc3)nn(CC(F)(F)F)c2OS(=O)(=O)C(F)(F)F)cc1. The van der Waals surface area contributed by atoms with Gasteiger partial charge in [0, 0.05) is 23.7 Å². The van der Waals surface area contributed by atoms with Crippen molar-refractivity contribution in [1.29, 1.82) is 0 Å². The molecule has 4 rings (SSSR count). The molecule has 1 aliphatic rings. The largest absolute Gasteiger partial charge is 0.534 e. The average Bonchev–Trinajstić information content (AvgIpc) is 3.23. The number of ether oxygens (including phenoxy) is 1. The fraction of sp³-hybridized carbons (Fsp3) is 0.444. The van der Waals surface area contributed by atoms with E-state index in [0.29, 0.717) is 4.90 Å². The first-order valence-electron chi connectivity index (χ1n) is 12.8. The Kier molecular flexibility index (Phi) is 9.71. The number of nitrogens with zero attached hydrogens (tertiary/aromatic N) is 2. The third-order valence-corrected chi connectivity index (χ3v) is 8.55. The van der Waals surface area contributed by atoms with E-state index < -0.39 is 70.4 Å². The average molecular weight is 659 g/mol. The van der Waals surface area contributed by atoms with E-state index in [2.05, 4.69) is 9.28 Å². The molecule has 0 aliphatic heterocycles. The highest BCUT2D eigenvalue weighted by atomic mass is 32.2. The van der Waals surface area contributed by atoms with E-state index in [4.69, 9.17) is 4.74 Å². The Labute approximate surface area is 246 Å².